The van der Waals surface area contributed by atoms with Crippen molar-refractivity contribution in [2.24, 2.45) is 7.05 Å². The fourth-order valence-electron chi connectivity index (χ4n) is 4.43. The van der Waals surface area contributed by atoms with Gasteiger partial charge in [0.15, 0.2) is 11.9 Å². The highest BCUT2D eigenvalue weighted by atomic mass is 16.5. The monoisotopic (exact) mass is 472 g/mol. The first kappa shape index (κ1) is 22.8. The van der Waals surface area contributed by atoms with E-state index in [1.807, 2.05) is 73.1 Å². The molecule has 0 radical (unpaired) electrons. The number of hydrogen-bond acceptors (Lipinski definition) is 5. The van der Waals surface area contributed by atoms with Crippen molar-refractivity contribution in [1.82, 2.24) is 24.6 Å². The molecule has 0 bridgehead atoms. The number of para-hydroxylation sites is 2. The molecule has 1 unspecified atom stereocenters. The number of carbonyl (C=O) groups is 2. The maximum atomic E-state index is 12.9. The SMILES string of the molecule is Cc1c(NC(=O)C2CN(C(=O)CCc3nc4ccccc4n3C)CCO2)n[nH]c1-c1ccccc1. The van der Waals surface area contributed by atoms with Gasteiger partial charge in [0, 0.05) is 32.0 Å². The number of anilines is 1. The second-order valence-corrected chi connectivity index (χ2v) is 8.70. The van der Waals surface area contributed by atoms with Crippen LogP contribution in [0.1, 0.15) is 17.8 Å². The molecule has 0 aliphatic carbocycles. The van der Waals surface area contributed by atoms with Crippen LogP contribution in [0.15, 0.2) is 54.6 Å². The molecule has 2 amide bonds. The zero-order valence-electron chi connectivity index (χ0n) is 19.8. The van der Waals surface area contributed by atoms with Gasteiger partial charge in [-0.2, -0.15) is 5.10 Å². The van der Waals surface area contributed by atoms with Crippen molar-refractivity contribution in [2.45, 2.75) is 25.9 Å². The number of morpholine rings is 1. The van der Waals surface area contributed by atoms with Crippen LogP contribution in [-0.4, -0.2) is 62.3 Å². The first-order valence-corrected chi connectivity index (χ1v) is 11.7. The Labute approximate surface area is 203 Å². The van der Waals surface area contributed by atoms with Gasteiger partial charge in [0.1, 0.15) is 5.82 Å². The third-order valence-corrected chi connectivity index (χ3v) is 6.47. The predicted molar refractivity (Wildman–Crippen MR) is 133 cm³/mol. The van der Waals surface area contributed by atoms with Crippen LogP contribution in [0.25, 0.3) is 22.3 Å². The summed E-state index contributed by atoms with van der Waals surface area (Å²) in [6.45, 7) is 2.89. The number of aromatic nitrogens is 4. The molecular weight excluding hydrogens is 444 g/mol. The topological polar surface area (TPSA) is 105 Å². The van der Waals surface area contributed by atoms with Crippen molar-refractivity contribution in [1.29, 1.82) is 0 Å². The number of nitrogens with zero attached hydrogens (tertiary/aromatic N) is 4. The van der Waals surface area contributed by atoms with Crippen LogP contribution in [0, 0.1) is 6.92 Å². The fraction of sp³-hybridized carbons (Fsp3) is 0.308. The number of rotatable bonds is 6. The summed E-state index contributed by atoms with van der Waals surface area (Å²) in [5.74, 6) is 1.00. The molecule has 2 aromatic heterocycles. The number of benzene rings is 2. The van der Waals surface area contributed by atoms with E-state index in [2.05, 4.69) is 20.5 Å². The quantitative estimate of drug-likeness (QED) is 0.449. The van der Waals surface area contributed by atoms with Gasteiger partial charge in [0.25, 0.3) is 5.91 Å². The van der Waals surface area contributed by atoms with E-state index in [9.17, 15) is 9.59 Å². The number of amides is 2. The summed E-state index contributed by atoms with van der Waals surface area (Å²) in [4.78, 5) is 32.2. The number of hydrogen-bond donors (Lipinski definition) is 2. The van der Waals surface area contributed by atoms with E-state index in [1.54, 1.807) is 4.90 Å². The summed E-state index contributed by atoms with van der Waals surface area (Å²) in [5, 5.41) is 10.1. The van der Waals surface area contributed by atoms with Gasteiger partial charge in [-0.3, -0.25) is 14.7 Å². The standard InChI is InChI=1S/C26H28N6O3/c1-17-24(18-8-4-3-5-9-18)29-30-25(17)28-26(34)21-16-32(14-15-35-21)23(33)13-12-22-27-19-10-6-7-11-20(19)31(22)2/h3-11,21H,12-16H2,1-2H3,(H2,28,29,30,34). The number of carbonyl (C=O) groups excluding carboxylic acids is 2. The highest BCUT2D eigenvalue weighted by Gasteiger charge is 2.30. The molecule has 0 saturated carbocycles. The smallest absolute Gasteiger partial charge is 0.256 e. The number of fused-ring (bicyclic) bond motifs is 1. The highest BCUT2D eigenvalue weighted by molar-refractivity contribution is 5.95. The van der Waals surface area contributed by atoms with E-state index >= 15 is 0 Å². The maximum absolute atomic E-state index is 12.9. The Balaban J connectivity index is 1.19. The van der Waals surface area contributed by atoms with Gasteiger partial charge < -0.3 is 19.5 Å². The molecule has 1 saturated heterocycles. The molecule has 2 aromatic carbocycles. The highest BCUT2D eigenvalue weighted by Crippen LogP contribution is 2.26. The van der Waals surface area contributed by atoms with E-state index in [1.165, 1.54) is 0 Å². The van der Waals surface area contributed by atoms with Crippen molar-refractivity contribution in [3.8, 4) is 11.3 Å². The lowest BCUT2D eigenvalue weighted by Crippen LogP contribution is -2.50. The van der Waals surface area contributed by atoms with Gasteiger partial charge in [-0.25, -0.2) is 4.98 Å². The van der Waals surface area contributed by atoms with E-state index in [4.69, 9.17) is 4.74 Å². The predicted octanol–water partition coefficient (Wildman–Crippen LogP) is 3.07. The van der Waals surface area contributed by atoms with Crippen molar-refractivity contribution in [2.75, 3.05) is 25.0 Å². The number of imidazole rings is 1. The molecule has 0 spiro atoms. The molecule has 9 heteroatoms. The molecule has 180 valence electrons. The molecule has 2 N–H and O–H groups in total. The zero-order valence-corrected chi connectivity index (χ0v) is 19.8. The molecule has 35 heavy (non-hydrogen) atoms. The van der Waals surface area contributed by atoms with Crippen LogP contribution in [-0.2, 0) is 27.8 Å². The lowest BCUT2D eigenvalue weighted by Gasteiger charge is -2.32. The number of aryl methyl sites for hydroxylation is 2. The minimum atomic E-state index is -0.750. The van der Waals surface area contributed by atoms with Gasteiger partial charge in [-0.05, 0) is 24.6 Å². The minimum absolute atomic E-state index is 0.0135. The number of aromatic amines is 1. The Bertz CT molecular complexity index is 1360. The largest absolute Gasteiger partial charge is 0.365 e. The van der Waals surface area contributed by atoms with Gasteiger partial charge in [-0.1, -0.05) is 42.5 Å². The summed E-state index contributed by atoms with van der Waals surface area (Å²) >= 11 is 0. The first-order valence-electron chi connectivity index (χ1n) is 11.7. The van der Waals surface area contributed by atoms with Gasteiger partial charge in [0.05, 0.1) is 29.9 Å². The van der Waals surface area contributed by atoms with Crippen molar-refractivity contribution in [3.05, 3.63) is 66.0 Å². The zero-order chi connectivity index (χ0) is 24.4. The molecule has 1 aliphatic rings. The van der Waals surface area contributed by atoms with E-state index in [-0.39, 0.29) is 18.4 Å². The van der Waals surface area contributed by atoms with Crippen molar-refractivity contribution in [3.63, 3.8) is 0 Å². The second-order valence-electron chi connectivity index (χ2n) is 8.70. The van der Waals surface area contributed by atoms with Crippen LogP contribution in [0.4, 0.5) is 5.82 Å². The lowest BCUT2D eigenvalue weighted by molar-refractivity contribution is -0.144. The molecule has 5 rings (SSSR count). The molecule has 1 fully saturated rings. The van der Waals surface area contributed by atoms with Crippen LogP contribution < -0.4 is 5.32 Å². The number of ether oxygens (including phenoxy) is 1. The molecule has 1 aliphatic heterocycles. The van der Waals surface area contributed by atoms with E-state index in [0.29, 0.717) is 31.8 Å². The summed E-state index contributed by atoms with van der Waals surface area (Å²) < 4.78 is 7.71. The van der Waals surface area contributed by atoms with Crippen LogP contribution in [0.5, 0.6) is 0 Å². The van der Waals surface area contributed by atoms with E-state index in [0.717, 1.165) is 33.7 Å². The Morgan fingerprint density at radius 1 is 1.14 bits per heavy atom. The summed E-state index contributed by atoms with van der Waals surface area (Å²) in [6.07, 6.45) is 0.108. The summed E-state index contributed by atoms with van der Waals surface area (Å²) in [5.41, 5.74) is 4.65. The van der Waals surface area contributed by atoms with Crippen LogP contribution >= 0.6 is 0 Å². The minimum Gasteiger partial charge on any atom is -0.365 e. The molecule has 4 aromatic rings. The van der Waals surface area contributed by atoms with Crippen molar-refractivity contribution >= 4 is 28.7 Å². The average molecular weight is 473 g/mol. The average Bonchev–Trinajstić information content (AvgIpc) is 3.42. The molecule has 9 nitrogen and oxygen atoms in total. The molecule has 1 atom stereocenters. The maximum Gasteiger partial charge on any atom is 0.256 e. The Kier molecular flexibility index (Phi) is 6.33. The Morgan fingerprint density at radius 2 is 1.91 bits per heavy atom. The lowest BCUT2D eigenvalue weighted by atomic mass is 10.1. The molecular formula is C26H28N6O3. The summed E-state index contributed by atoms with van der Waals surface area (Å²) in [6, 6.07) is 17.7. The van der Waals surface area contributed by atoms with Gasteiger partial charge in [0.2, 0.25) is 5.91 Å². The van der Waals surface area contributed by atoms with E-state index < -0.39 is 6.10 Å². The third kappa shape index (κ3) is 4.67. The first-order chi connectivity index (χ1) is 17.0. The number of H-pyrrole nitrogens is 1. The normalized spacial score (nSPS) is 15.9. The fourth-order valence-corrected chi connectivity index (χ4v) is 4.43. The van der Waals surface area contributed by atoms with Gasteiger partial charge >= 0.3 is 0 Å². The van der Waals surface area contributed by atoms with Crippen molar-refractivity contribution < 1.29 is 14.3 Å². The second kappa shape index (κ2) is 9.71. The Hall–Kier alpha value is -3.98. The van der Waals surface area contributed by atoms with Gasteiger partial charge in [-0.15, -0.1) is 0 Å². The third-order valence-electron chi connectivity index (χ3n) is 6.47. The number of nitrogens with one attached hydrogen (secondary N) is 2. The summed E-state index contributed by atoms with van der Waals surface area (Å²) in [7, 11) is 1.96. The van der Waals surface area contributed by atoms with Crippen LogP contribution in [0.2, 0.25) is 0 Å². The van der Waals surface area contributed by atoms with Crippen LogP contribution in [0.3, 0.4) is 0 Å². The molecule has 3 heterocycles. The Morgan fingerprint density at radius 3 is 2.71 bits per heavy atom.